The Morgan fingerprint density at radius 2 is 2.11 bits per heavy atom. The number of anilines is 2. The second kappa shape index (κ2) is 7.81. The highest BCUT2D eigenvalue weighted by Crippen LogP contribution is 2.34. The maximum atomic E-state index is 12.3. The monoisotopic (exact) mass is 403 g/mol. The van der Waals surface area contributed by atoms with Crippen molar-refractivity contribution in [1.29, 1.82) is 0 Å². The number of nitrogens with zero attached hydrogens (tertiary/aromatic N) is 5. The molecule has 3 aromatic rings. The van der Waals surface area contributed by atoms with Gasteiger partial charge < -0.3 is 4.90 Å². The SMILES string of the molecule is Cc1sc2ncnc(SCC(=O)Nc3nc(N4CCCCC4)n[nH]3)c2c1C. The van der Waals surface area contributed by atoms with Gasteiger partial charge in [-0.15, -0.1) is 16.4 Å². The highest BCUT2D eigenvalue weighted by molar-refractivity contribution is 8.00. The summed E-state index contributed by atoms with van der Waals surface area (Å²) in [5, 5.41) is 11.7. The van der Waals surface area contributed by atoms with Gasteiger partial charge in [0.2, 0.25) is 17.8 Å². The lowest BCUT2D eigenvalue weighted by Gasteiger charge is -2.24. The number of carbonyl (C=O) groups excluding carboxylic acids is 1. The minimum Gasteiger partial charge on any atom is -0.340 e. The van der Waals surface area contributed by atoms with Crippen LogP contribution in [0.2, 0.25) is 0 Å². The number of hydrogen-bond donors (Lipinski definition) is 2. The number of piperidine rings is 1. The number of fused-ring (bicyclic) bond motifs is 1. The Labute approximate surface area is 165 Å². The predicted molar refractivity (Wildman–Crippen MR) is 109 cm³/mol. The van der Waals surface area contributed by atoms with E-state index in [-0.39, 0.29) is 11.7 Å². The van der Waals surface area contributed by atoms with E-state index in [0.29, 0.717) is 11.9 Å². The van der Waals surface area contributed by atoms with E-state index in [0.717, 1.165) is 41.2 Å². The van der Waals surface area contributed by atoms with E-state index in [1.807, 2.05) is 0 Å². The molecule has 3 aromatic heterocycles. The summed E-state index contributed by atoms with van der Waals surface area (Å²) in [5.41, 5.74) is 1.18. The van der Waals surface area contributed by atoms with Gasteiger partial charge in [0.1, 0.15) is 16.2 Å². The van der Waals surface area contributed by atoms with Gasteiger partial charge in [0.05, 0.1) is 5.75 Å². The molecule has 1 aliphatic rings. The molecule has 1 saturated heterocycles. The molecular formula is C17H21N7OS2. The second-order valence-electron chi connectivity index (χ2n) is 6.51. The zero-order valence-electron chi connectivity index (χ0n) is 15.3. The molecule has 0 spiro atoms. The molecule has 2 N–H and O–H groups in total. The Morgan fingerprint density at radius 3 is 2.93 bits per heavy atom. The molecule has 0 radical (unpaired) electrons. The van der Waals surface area contributed by atoms with Crippen LogP contribution in [0.25, 0.3) is 10.2 Å². The van der Waals surface area contributed by atoms with Crippen LogP contribution in [0.4, 0.5) is 11.9 Å². The molecule has 1 fully saturated rings. The first-order chi connectivity index (χ1) is 13.1. The number of H-pyrrole nitrogens is 1. The Kier molecular flexibility index (Phi) is 5.26. The summed E-state index contributed by atoms with van der Waals surface area (Å²) in [4.78, 5) is 29.7. The number of nitrogens with one attached hydrogen (secondary N) is 2. The molecule has 0 saturated carbocycles. The first kappa shape index (κ1) is 18.2. The Bertz CT molecular complexity index is 962. The number of aryl methyl sites for hydroxylation is 2. The number of thioether (sulfide) groups is 1. The maximum absolute atomic E-state index is 12.3. The highest BCUT2D eigenvalue weighted by Gasteiger charge is 2.17. The summed E-state index contributed by atoms with van der Waals surface area (Å²) in [7, 11) is 0. The minimum atomic E-state index is -0.141. The van der Waals surface area contributed by atoms with Gasteiger partial charge in [-0.2, -0.15) is 4.98 Å². The fourth-order valence-electron chi connectivity index (χ4n) is 3.11. The standard InChI is InChI=1S/C17H21N7OS2/c1-10-11(2)27-15-13(10)14(18-9-19-15)26-8-12(25)20-16-21-17(23-22-16)24-6-4-3-5-7-24/h9H,3-8H2,1-2H3,(H2,20,21,22,23,25). The molecule has 1 aliphatic heterocycles. The molecule has 4 heterocycles. The van der Waals surface area contributed by atoms with Crippen molar-refractivity contribution in [2.45, 2.75) is 38.1 Å². The lowest BCUT2D eigenvalue weighted by molar-refractivity contribution is -0.113. The molecule has 0 aliphatic carbocycles. The van der Waals surface area contributed by atoms with Gasteiger partial charge in [0, 0.05) is 23.4 Å². The Morgan fingerprint density at radius 1 is 1.30 bits per heavy atom. The average Bonchev–Trinajstić information content (AvgIpc) is 3.26. The fourth-order valence-corrected chi connectivity index (χ4v) is 5.02. The second-order valence-corrected chi connectivity index (χ2v) is 8.68. The average molecular weight is 404 g/mol. The summed E-state index contributed by atoms with van der Waals surface area (Å²) in [6, 6.07) is 0. The molecule has 10 heteroatoms. The summed E-state index contributed by atoms with van der Waals surface area (Å²) in [5.74, 6) is 1.15. The fraction of sp³-hybridized carbons (Fsp3) is 0.471. The summed E-state index contributed by atoms with van der Waals surface area (Å²) in [6.07, 6.45) is 5.12. The number of rotatable bonds is 5. The van der Waals surface area contributed by atoms with Crippen LogP contribution in [0, 0.1) is 13.8 Å². The molecule has 0 bridgehead atoms. The van der Waals surface area contributed by atoms with Crippen molar-refractivity contribution in [3.8, 4) is 0 Å². The molecule has 4 rings (SSSR count). The van der Waals surface area contributed by atoms with Crippen LogP contribution in [0.1, 0.15) is 29.7 Å². The molecule has 8 nitrogen and oxygen atoms in total. The molecule has 27 heavy (non-hydrogen) atoms. The Hall–Kier alpha value is -2.20. The summed E-state index contributed by atoms with van der Waals surface area (Å²) >= 11 is 3.06. The van der Waals surface area contributed by atoms with E-state index in [9.17, 15) is 4.79 Å². The topological polar surface area (TPSA) is 99.7 Å². The van der Waals surface area contributed by atoms with Gasteiger partial charge >= 0.3 is 0 Å². The number of amides is 1. The molecule has 0 unspecified atom stereocenters. The smallest absolute Gasteiger partial charge is 0.246 e. The van der Waals surface area contributed by atoms with Crippen LogP contribution < -0.4 is 10.2 Å². The van der Waals surface area contributed by atoms with E-state index in [4.69, 9.17) is 0 Å². The van der Waals surface area contributed by atoms with E-state index < -0.39 is 0 Å². The van der Waals surface area contributed by atoms with Crippen molar-refractivity contribution in [3.05, 3.63) is 16.8 Å². The molecule has 0 aromatic carbocycles. The number of carbonyl (C=O) groups is 1. The van der Waals surface area contributed by atoms with Crippen LogP contribution in [-0.4, -0.2) is 49.9 Å². The largest absolute Gasteiger partial charge is 0.340 e. The number of aromatic nitrogens is 5. The zero-order chi connectivity index (χ0) is 18.8. The first-order valence-corrected chi connectivity index (χ1v) is 10.7. The van der Waals surface area contributed by atoms with Crippen LogP contribution in [-0.2, 0) is 4.79 Å². The van der Waals surface area contributed by atoms with Crippen LogP contribution in [0.5, 0.6) is 0 Å². The predicted octanol–water partition coefficient (Wildman–Crippen LogP) is 3.15. The van der Waals surface area contributed by atoms with Crippen LogP contribution >= 0.6 is 23.1 Å². The van der Waals surface area contributed by atoms with Crippen molar-refractivity contribution >= 4 is 51.1 Å². The van der Waals surface area contributed by atoms with Gasteiger partial charge in [0.25, 0.3) is 0 Å². The highest BCUT2D eigenvalue weighted by atomic mass is 32.2. The third-order valence-corrected chi connectivity index (χ3v) is 6.75. The van der Waals surface area contributed by atoms with Crippen molar-refractivity contribution < 1.29 is 4.79 Å². The zero-order valence-corrected chi connectivity index (χ0v) is 16.9. The maximum Gasteiger partial charge on any atom is 0.246 e. The first-order valence-electron chi connectivity index (χ1n) is 8.92. The van der Waals surface area contributed by atoms with Gasteiger partial charge in [-0.25, -0.2) is 15.1 Å². The molecule has 142 valence electrons. The quantitative estimate of drug-likeness (QED) is 0.499. The summed E-state index contributed by atoms with van der Waals surface area (Å²) in [6.45, 7) is 6.07. The van der Waals surface area contributed by atoms with Crippen molar-refractivity contribution in [2.24, 2.45) is 0 Å². The van der Waals surface area contributed by atoms with Crippen LogP contribution in [0.15, 0.2) is 11.4 Å². The van der Waals surface area contributed by atoms with E-state index in [1.54, 1.807) is 17.7 Å². The van der Waals surface area contributed by atoms with Gasteiger partial charge in [-0.05, 0) is 38.7 Å². The van der Waals surface area contributed by atoms with Gasteiger partial charge in [-0.3, -0.25) is 10.1 Å². The van der Waals surface area contributed by atoms with Gasteiger partial charge in [-0.1, -0.05) is 11.8 Å². The third kappa shape index (κ3) is 3.91. The number of aromatic amines is 1. The summed E-state index contributed by atoms with van der Waals surface area (Å²) < 4.78 is 0. The normalized spacial score (nSPS) is 14.7. The van der Waals surface area contributed by atoms with E-state index >= 15 is 0 Å². The lowest BCUT2D eigenvalue weighted by atomic mass is 10.1. The van der Waals surface area contributed by atoms with E-state index in [2.05, 4.69) is 49.2 Å². The Balaban J connectivity index is 1.38. The minimum absolute atomic E-state index is 0.141. The molecule has 1 amide bonds. The molecular weight excluding hydrogens is 382 g/mol. The number of hydrogen-bond acceptors (Lipinski definition) is 8. The van der Waals surface area contributed by atoms with Crippen LogP contribution in [0.3, 0.4) is 0 Å². The number of thiophene rings is 1. The van der Waals surface area contributed by atoms with E-state index in [1.165, 1.54) is 28.6 Å². The molecule has 0 atom stereocenters. The van der Waals surface area contributed by atoms with Crippen molar-refractivity contribution in [3.63, 3.8) is 0 Å². The van der Waals surface area contributed by atoms with Crippen molar-refractivity contribution in [2.75, 3.05) is 29.1 Å². The van der Waals surface area contributed by atoms with Crippen molar-refractivity contribution in [1.82, 2.24) is 25.1 Å². The lowest BCUT2D eigenvalue weighted by Crippen LogP contribution is -2.30. The van der Waals surface area contributed by atoms with Gasteiger partial charge in [0.15, 0.2) is 0 Å². The third-order valence-electron chi connectivity index (χ3n) is 4.64.